The Kier molecular flexibility index (Phi) is 5.52. The predicted molar refractivity (Wildman–Crippen MR) is 127 cm³/mol. The maximum absolute atomic E-state index is 12.4. The Bertz CT molecular complexity index is 1220. The molecule has 2 aliphatic carbocycles. The lowest BCUT2D eigenvalue weighted by Crippen LogP contribution is -2.41. The third-order valence-electron chi connectivity index (χ3n) is 6.60. The third-order valence-corrected chi connectivity index (χ3v) is 6.89. The molecule has 34 heavy (non-hydrogen) atoms. The molecule has 2 amide bonds. The van der Waals surface area contributed by atoms with Gasteiger partial charge in [0, 0.05) is 17.3 Å². The van der Waals surface area contributed by atoms with Crippen molar-refractivity contribution < 1.29 is 19.5 Å². The number of halogens is 1. The molecule has 2 heterocycles. The van der Waals surface area contributed by atoms with Crippen molar-refractivity contribution in [2.75, 3.05) is 28.7 Å². The Balaban J connectivity index is 1.47. The number of carboxylic acids is 1. The van der Waals surface area contributed by atoms with Crippen molar-refractivity contribution in [3.8, 4) is 0 Å². The summed E-state index contributed by atoms with van der Waals surface area (Å²) in [4.78, 5) is 41.7. The fraction of sp³-hybridized carbons (Fsp3) is 0.304. The summed E-state index contributed by atoms with van der Waals surface area (Å²) in [5.74, 6) is -1.39. The molecule has 176 valence electrons. The van der Waals surface area contributed by atoms with Gasteiger partial charge in [-0.05, 0) is 36.5 Å². The van der Waals surface area contributed by atoms with E-state index < -0.39 is 18.4 Å². The minimum atomic E-state index is -1.12. The van der Waals surface area contributed by atoms with E-state index in [9.17, 15) is 14.4 Å². The molecule has 0 saturated heterocycles. The molecule has 3 aliphatic rings. The zero-order chi connectivity index (χ0) is 24.0. The Morgan fingerprint density at radius 2 is 2.06 bits per heavy atom. The van der Waals surface area contributed by atoms with E-state index in [0.717, 1.165) is 6.42 Å². The number of hydrogen-bond donors (Lipinski definition) is 5. The second kappa shape index (κ2) is 8.53. The highest BCUT2D eigenvalue weighted by Crippen LogP contribution is 2.49. The summed E-state index contributed by atoms with van der Waals surface area (Å²) in [6.07, 6.45) is 6.60. The van der Waals surface area contributed by atoms with Crippen molar-refractivity contribution in [2.45, 2.75) is 12.5 Å². The minimum Gasteiger partial charge on any atom is -0.480 e. The van der Waals surface area contributed by atoms with Crippen LogP contribution in [0.25, 0.3) is 0 Å². The van der Waals surface area contributed by atoms with Crippen molar-refractivity contribution >= 4 is 52.3 Å². The molecule has 6 N–H and O–H groups in total. The maximum Gasteiger partial charge on any atom is 0.322 e. The van der Waals surface area contributed by atoms with Crippen molar-refractivity contribution in [1.82, 2.24) is 10.3 Å². The van der Waals surface area contributed by atoms with Crippen molar-refractivity contribution in [3.05, 3.63) is 53.2 Å². The number of carbonyl (C=O) groups excluding carboxylic acids is 2. The van der Waals surface area contributed by atoms with Gasteiger partial charge in [-0.3, -0.25) is 14.4 Å². The van der Waals surface area contributed by atoms with Crippen molar-refractivity contribution in [2.24, 2.45) is 23.5 Å². The largest absolute Gasteiger partial charge is 0.480 e. The standard InChI is InChI=1S/C23H23ClN6O4/c24-15-8-26-22-20(19(15)29-18-12-5-4-11(6-12)17(18)21(25)33)30(10-28-22)14-3-1-2-13(7-14)23(34)27-9-16(31)32/h1-5,7-8,11-12,17-18H,6,9-10H2,(H2,25,33)(H,27,34)(H,31,32)(H2,26,28,29)/t11-,12-,17-,18-/m1/s1. The maximum atomic E-state index is 12.4. The molecule has 5 rings (SSSR count). The summed E-state index contributed by atoms with van der Waals surface area (Å²) in [7, 11) is 0. The van der Waals surface area contributed by atoms with Gasteiger partial charge in [-0.1, -0.05) is 29.8 Å². The van der Waals surface area contributed by atoms with Crippen LogP contribution in [0.15, 0.2) is 42.6 Å². The molecule has 1 aromatic heterocycles. The smallest absolute Gasteiger partial charge is 0.322 e. The van der Waals surface area contributed by atoms with Gasteiger partial charge in [-0.25, -0.2) is 4.98 Å². The summed E-state index contributed by atoms with van der Waals surface area (Å²) < 4.78 is 0. The average Bonchev–Trinajstić information content (AvgIpc) is 3.54. The van der Waals surface area contributed by atoms with E-state index in [-0.39, 0.29) is 29.7 Å². The molecule has 1 saturated carbocycles. The van der Waals surface area contributed by atoms with Crippen LogP contribution in [0.3, 0.4) is 0 Å². The number of allylic oxidation sites excluding steroid dienone is 1. The minimum absolute atomic E-state index is 0.115. The first-order valence-electron chi connectivity index (χ1n) is 10.9. The molecule has 1 fully saturated rings. The number of nitrogens with two attached hydrogens (primary N) is 1. The number of pyridine rings is 1. The Morgan fingerprint density at radius 1 is 1.26 bits per heavy atom. The van der Waals surface area contributed by atoms with Crippen LogP contribution in [0.1, 0.15) is 16.8 Å². The van der Waals surface area contributed by atoms with Crippen LogP contribution < -0.4 is 26.6 Å². The highest BCUT2D eigenvalue weighted by atomic mass is 35.5. The number of carboxylic acid groups (broad SMARTS) is 1. The Hall–Kier alpha value is -3.79. The lowest BCUT2D eigenvalue weighted by atomic mass is 9.88. The fourth-order valence-corrected chi connectivity index (χ4v) is 5.30. The molecule has 0 radical (unpaired) electrons. The van der Waals surface area contributed by atoms with Gasteiger partial charge < -0.3 is 31.7 Å². The number of nitrogens with zero attached hydrogens (tertiary/aromatic N) is 2. The number of fused-ring (bicyclic) bond motifs is 3. The lowest BCUT2D eigenvalue weighted by Gasteiger charge is -2.30. The highest BCUT2D eigenvalue weighted by molar-refractivity contribution is 6.34. The van der Waals surface area contributed by atoms with Gasteiger partial charge in [-0.2, -0.15) is 0 Å². The molecule has 4 atom stereocenters. The van der Waals surface area contributed by atoms with Crippen LogP contribution in [0, 0.1) is 17.8 Å². The van der Waals surface area contributed by atoms with E-state index in [4.69, 9.17) is 22.4 Å². The van der Waals surface area contributed by atoms with Gasteiger partial charge >= 0.3 is 5.97 Å². The van der Waals surface area contributed by atoms with E-state index >= 15 is 0 Å². The van der Waals surface area contributed by atoms with E-state index in [1.54, 1.807) is 24.4 Å². The summed E-state index contributed by atoms with van der Waals surface area (Å²) >= 11 is 6.59. The number of hydrogen-bond acceptors (Lipinski definition) is 7. The quantitative estimate of drug-likeness (QED) is 0.377. The Morgan fingerprint density at radius 3 is 2.82 bits per heavy atom. The van der Waals surface area contributed by atoms with E-state index in [0.29, 0.717) is 40.1 Å². The van der Waals surface area contributed by atoms with Crippen LogP contribution in [0.4, 0.5) is 22.9 Å². The molecule has 1 aromatic carbocycles. The second-order valence-corrected chi connectivity index (χ2v) is 9.02. The monoisotopic (exact) mass is 482 g/mol. The van der Waals surface area contributed by atoms with Crippen LogP contribution in [0.5, 0.6) is 0 Å². The van der Waals surface area contributed by atoms with Gasteiger partial charge in [0.05, 0.1) is 29.5 Å². The van der Waals surface area contributed by atoms with Gasteiger partial charge in [0.25, 0.3) is 5.91 Å². The van der Waals surface area contributed by atoms with Crippen LogP contribution in [-0.4, -0.2) is 47.1 Å². The number of nitrogens with one attached hydrogen (secondary N) is 3. The molecule has 11 heteroatoms. The van der Waals surface area contributed by atoms with E-state index in [1.807, 2.05) is 11.0 Å². The molecule has 0 spiro atoms. The van der Waals surface area contributed by atoms with Gasteiger partial charge in [0.15, 0.2) is 5.82 Å². The summed E-state index contributed by atoms with van der Waals surface area (Å²) in [6.45, 7) is -0.0861. The number of amides is 2. The summed E-state index contributed by atoms with van der Waals surface area (Å²) in [6, 6.07) is 6.65. The first-order valence-corrected chi connectivity index (χ1v) is 11.3. The zero-order valence-electron chi connectivity index (χ0n) is 18.0. The fourth-order valence-electron chi connectivity index (χ4n) is 5.11. The number of anilines is 4. The van der Waals surface area contributed by atoms with Crippen LogP contribution in [-0.2, 0) is 9.59 Å². The van der Waals surface area contributed by atoms with Gasteiger partial charge in [0.2, 0.25) is 5.91 Å². The molecular formula is C23H23ClN6O4. The predicted octanol–water partition coefficient (Wildman–Crippen LogP) is 2.16. The van der Waals surface area contributed by atoms with Crippen LogP contribution >= 0.6 is 11.6 Å². The first-order chi connectivity index (χ1) is 16.3. The molecular weight excluding hydrogens is 460 g/mol. The van der Waals surface area contributed by atoms with Gasteiger partial charge in [-0.15, -0.1) is 0 Å². The zero-order valence-corrected chi connectivity index (χ0v) is 18.7. The molecule has 1 aliphatic heterocycles. The number of aromatic nitrogens is 1. The molecule has 2 aromatic rings. The first kappa shape index (κ1) is 22.0. The number of primary amides is 1. The van der Waals surface area contributed by atoms with Crippen molar-refractivity contribution in [3.63, 3.8) is 0 Å². The van der Waals surface area contributed by atoms with E-state index in [2.05, 4.69) is 33.1 Å². The Labute approximate surface area is 200 Å². The SMILES string of the molecule is NC(=O)[C@H]1[C@H](Nc2c(Cl)cnc3c2N(c2cccc(C(=O)NCC(=O)O)c2)CN3)[C@@H]2C=C[C@@H]1C2. The molecule has 2 bridgehead atoms. The number of aliphatic carboxylic acids is 1. The average molecular weight is 483 g/mol. The highest BCUT2D eigenvalue weighted by Gasteiger charge is 2.48. The molecule has 0 unspecified atom stereocenters. The van der Waals surface area contributed by atoms with E-state index in [1.165, 1.54) is 0 Å². The number of rotatable bonds is 7. The van der Waals surface area contributed by atoms with Crippen LogP contribution in [0.2, 0.25) is 5.02 Å². The molecule has 10 nitrogen and oxygen atoms in total. The topological polar surface area (TPSA) is 150 Å². The summed E-state index contributed by atoms with van der Waals surface area (Å²) in [5, 5.41) is 18.3. The lowest BCUT2D eigenvalue weighted by molar-refractivity contribution is -0.135. The second-order valence-electron chi connectivity index (χ2n) is 8.61. The van der Waals surface area contributed by atoms with Crippen molar-refractivity contribution in [1.29, 1.82) is 0 Å². The third kappa shape index (κ3) is 3.79. The normalized spacial score (nSPS) is 24.0. The van der Waals surface area contributed by atoms with Gasteiger partial charge in [0.1, 0.15) is 12.2 Å². The number of benzene rings is 1. The summed E-state index contributed by atoms with van der Waals surface area (Å²) in [5.41, 5.74) is 8.08. The number of carbonyl (C=O) groups is 3.